The molecule has 0 unspecified atom stereocenters. The van der Waals surface area contributed by atoms with Gasteiger partial charge >= 0.3 is 0 Å². The van der Waals surface area contributed by atoms with E-state index in [1.165, 1.54) is 5.56 Å². The molecule has 2 heterocycles. The maximum atomic E-state index is 5.37. The smallest absolute Gasteiger partial charge is 0.243 e. The normalized spacial score (nSPS) is 11.4. The van der Waals surface area contributed by atoms with E-state index >= 15 is 0 Å². The zero-order valence-corrected chi connectivity index (χ0v) is 16.5. The fourth-order valence-electron chi connectivity index (χ4n) is 2.62. The molecule has 0 bridgehead atoms. The predicted octanol–water partition coefficient (Wildman–Crippen LogP) is 3.14. The van der Waals surface area contributed by atoms with Gasteiger partial charge in [-0.25, -0.2) is 0 Å². The lowest BCUT2D eigenvalue weighted by atomic mass is 10.2. The molecular weight excluding hydrogens is 362 g/mol. The SMILES string of the molecule is COCCn1c(SC/C=C/c2ccccc2)nnc1-c1cn(C)nc1OC. The summed E-state index contributed by atoms with van der Waals surface area (Å²) < 4.78 is 14.4. The summed E-state index contributed by atoms with van der Waals surface area (Å²) in [6.07, 6.45) is 6.11. The molecule has 0 aliphatic heterocycles. The predicted molar refractivity (Wildman–Crippen MR) is 107 cm³/mol. The van der Waals surface area contributed by atoms with Crippen LogP contribution in [-0.2, 0) is 18.3 Å². The van der Waals surface area contributed by atoms with Crippen molar-refractivity contribution in [2.45, 2.75) is 11.7 Å². The molecule has 0 N–H and O–H groups in total. The number of hydrogen-bond acceptors (Lipinski definition) is 6. The highest BCUT2D eigenvalue weighted by molar-refractivity contribution is 7.99. The molecule has 3 rings (SSSR count). The molecule has 1 aromatic carbocycles. The molecule has 2 aromatic heterocycles. The van der Waals surface area contributed by atoms with Crippen LogP contribution in [0.1, 0.15) is 5.56 Å². The number of rotatable bonds is 9. The van der Waals surface area contributed by atoms with Crippen LogP contribution in [0.4, 0.5) is 0 Å². The van der Waals surface area contributed by atoms with Crippen molar-refractivity contribution in [2.75, 3.05) is 26.6 Å². The molecule has 0 spiro atoms. The third-order valence-electron chi connectivity index (χ3n) is 3.88. The summed E-state index contributed by atoms with van der Waals surface area (Å²) in [5.41, 5.74) is 2.00. The van der Waals surface area contributed by atoms with Crippen LogP contribution in [0, 0.1) is 0 Å². The van der Waals surface area contributed by atoms with E-state index in [-0.39, 0.29) is 0 Å². The number of methoxy groups -OCH3 is 2. The van der Waals surface area contributed by atoms with Gasteiger partial charge < -0.3 is 9.47 Å². The lowest BCUT2D eigenvalue weighted by Gasteiger charge is -2.08. The van der Waals surface area contributed by atoms with E-state index in [0.29, 0.717) is 19.0 Å². The standard InChI is InChI=1S/C19H23N5O2S/c1-23-14-16(18(22-23)26-3)17-20-21-19(24(17)11-12-25-2)27-13-7-10-15-8-5-4-6-9-15/h4-10,14H,11-13H2,1-3H3/b10-7+. The summed E-state index contributed by atoms with van der Waals surface area (Å²) in [7, 11) is 5.14. The number of hydrogen-bond donors (Lipinski definition) is 0. The van der Waals surface area contributed by atoms with Crippen LogP contribution in [0.2, 0.25) is 0 Å². The van der Waals surface area contributed by atoms with Crippen molar-refractivity contribution in [3.05, 3.63) is 48.2 Å². The van der Waals surface area contributed by atoms with E-state index in [4.69, 9.17) is 9.47 Å². The molecule has 0 radical (unpaired) electrons. The fraction of sp³-hybridized carbons (Fsp3) is 0.316. The van der Waals surface area contributed by atoms with Crippen LogP contribution in [0.5, 0.6) is 5.88 Å². The van der Waals surface area contributed by atoms with Crippen molar-refractivity contribution in [1.82, 2.24) is 24.5 Å². The van der Waals surface area contributed by atoms with Crippen LogP contribution in [0.15, 0.2) is 47.8 Å². The molecule has 7 nitrogen and oxygen atoms in total. The third-order valence-corrected chi connectivity index (χ3v) is 4.80. The first-order chi connectivity index (χ1) is 13.2. The first kappa shape index (κ1) is 19.2. The van der Waals surface area contributed by atoms with Gasteiger partial charge in [-0.3, -0.25) is 9.25 Å². The Balaban J connectivity index is 1.78. The van der Waals surface area contributed by atoms with Gasteiger partial charge in [0.05, 0.1) is 20.3 Å². The molecular formula is C19H23N5O2S. The third kappa shape index (κ3) is 4.78. The number of benzene rings is 1. The van der Waals surface area contributed by atoms with E-state index in [1.807, 2.05) is 36.0 Å². The molecule has 3 aromatic rings. The van der Waals surface area contributed by atoms with Crippen LogP contribution < -0.4 is 4.74 Å². The van der Waals surface area contributed by atoms with Gasteiger partial charge in [-0.15, -0.1) is 15.3 Å². The molecule has 0 aliphatic carbocycles. The summed E-state index contributed by atoms with van der Waals surface area (Å²) in [6, 6.07) is 10.2. The Morgan fingerprint density at radius 2 is 1.96 bits per heavy atom. The molecule has 0 saturated carbocycles. The van der Waals surface area contributed by atoms with E-state index in [9.17, 15) is 0 Å². The first-order valence-electron chi connectivity index (χ1n) is 8.57. The second-order valence-corrected chi connectivity index (χ2v) is 6.79. The topological polar surface area (TPSA) is 67.0 Å². The summed E-state index contributed by atoms with van der Waals surface area (Å²) >= 11 is 1.63. The van der Waals surface area contributed by atoms with Gasteiger partial charge in [0.2, 0.25) is 5.88 Å². The van der Waals surface area contributed by atoms with Crippen LogP contribution in [-0.4, -0.2) is 51.1 Å². The number of aromatic nitrogens is 5. The van der Waals surface area contributed by atoms with E-state index < -0.39 is 0 Å². The summed E-state index contributed by atoms with van der Waals surface area (Å²) in [6.45, 7) is 1.22. The molecule has 0 amide bonds. The Kier molecular flexibility index (Phi) is 6.67. The van der Waals surface area contributed by atoms with Crippen LogP contribution in [0.25, 0.3) is 17.5 Å². The number of aryl methyl sites for hydroxylation is 1. The van der Waals surface area contributed by atoms with Gasteiger partial charge in [0.15, 0.2) is 11.0 Å². The lowest BCUT2D eigenvalue weighted by Crippen LogP contribution is -2.07. The highest BCUT2D eigenvalue weighted by atomic mass is 32.2. The van der Waals surface area contributed by atoms with Gasteiger partial charge in [-0.2, -0.15) is 0 Å². The zero-order chi connectivity index (χ0) is 19.1. The maximum Gasteiger partial charge on any atom is 0.243 e. The lowest BCUT2D eigenvalue weighted by molar-refractivity contribution is 0.185. The number of nitrogens with zero attached hydrogens (tertiary/aromatic N) is 5. The average Bonchev–Trinajstić information content (AvgIpc) is 3.26. The molecule has 0 atom stereocenters. The second-order valence-electron chi connectivity index (χ2n) is 5.80. The van der Waals surface area contributed by atoms with Crippen molar-refractivity contribution in [1.29, 1.82) is 0 Å². The van der Waals surface area contributed by atoms with Gasteiger partial charge in [-0.05, 0) is 5.56 Å². The Hall–Kier alpha value is -2.58. The molecule has 0 fully saturated rings. The van der Waals surface area contributed by atoms with E-state index in [1.54, 1.807) is 30.7 Å². The number of thioether (sulfide) groups is 1. The molecule has 0 saturated heterocycles. The number of ether oxygens (including phenoxy) is 2. The van der Waals surface area contributed by atoms with Gasteiger partial charge in [0, 0.05) is 26.1 Å². The fourth-order valence-corrected chi connectivity index (χ4v) is 3.40. The van der Waals surface area contributed by atoms with E-state index in [2.05, 4.69) is 39.6 Å². The van der Waals surface area contributed by atoms with Gasteiger partial charge in [-0.1, -0.05) is 54.2 Å². The van der Waals surface area contributed by atoms with Gasteiger partial charge in [0.1, 0.15) is 5.56 Å². The Morgan fingerprint density at radius 3 is 2.70 bits per heavy atom. The zero-order valence-electron chi connectivity index (χ0n) is 15.7. The maximum absolute atomic E-state index is 5.37. The Bertz CT molecular complexity index is 889. The first-order valence-corrected chi connectivity index (χ1v) is 9.56. The molecule has 27 heavy (non-hydrogen) atoms. The summed E-state index contributed by atoms with van der Waals surface area (Å²) in [5, 5.41) is 13.9. The molecule has 0 aliphatic rings. The van der Waals surface area contributed by atoms with E-state index in [0.717, 1.165) is 22.3 Å². The van der Waals surface area contributed by atoms with Crippen molar-refractivity contribution < 1.29 is 9.47 Å². The Labute approximate surface area is 163 Å². The average molecular weight is 385 g/mol. The highest BCUT2D eigenvalue weighted by Gasteiger charge is 2.20. The Morgan fingerprint density at radius 1 is 1.15 bits per heavy atom. The highest BCUT2D eigenvalue weighted by Crippen LogP contribution is 2.30. The van der Waals surface area contributed by atoms with Crippen molar-refractivity contribution >= 4 is 17.8 Å². The second kappa shape index (κ2) is 9.38. The summed E-state index contributed by atoms with van der Waals surface area (Å²) in [5.74, 6) is 2.06. The largest absolute Gasteiger partial charge is 0.479 e. The quantitative estimate of drug-likeness (QED) is 0.527. The summed E-state index contributed by atoms with van der Waals surface area (Å²) in [4.78, 5) is 0. The molecule has 8 heteroatoms. The van der Waals surface area contributed by atoms with Crippen molar-refractivity contribution in [3.8, 4) is 17.3 Å². The van der Waals surface area contributed by atoms with Gasteiger partial charge in [0.25, 0.3) is 0 Å². The van der Waals surface area contributed by atoms with Crippen molar-refractivity contribution in [2.24, 2.45) is 7.05 Å². The minimum atomic E-state index is 0.532. The monoisotopic (exact) mass is 385 g/mol. The minimum Gasteiger partial charge on any atom is -0.479 e. The molecule has 142 valence electrons. The van der Waals surface area contributed by atoms with Crippen molar-refractivity contribution in [3.63, 3.8) is 0 Å². The minimum absolute atomic E-state index is 0.532. The van der Waals surface area contributed by atoms with Crippen LogP contribution >= 0.6 is 11.8 Å². The van der Waals surface area contributed by atoms with Crippen LogP contribution in [0.3, 0.4) is 0 Å².